The molecule has 11 heavy (non-hydrogen) atoms. The van der Waals surface area contributed by atoms with E-state index in [0.717, 1.165) is 0 Å². The third kappa shape index (κ3) is 2.60. The molecule has 0 saturated heterocycles. The molecule has 0 bridgehead atoms. The molecule has 1 unspecified atom stereocenters. The van der Waals surface area contributed by atoms with Crippen LogP contribution >= 0.6 is 15.9 Å². The summed E-state index contributed by atoms with van der Waals surface area (Å²) >= 11 is 0.650. The number of aryl methyl sites for hydroxylation is 1. The number of rotatable bonds is 1. The van der Waals surface area contributed by atoms with Gasteiger partial charge in [0.2, 0.25) is 0 Å². The van der Waals surface area contributed by atoms with Gasteiger partial charge >= 0.3 is 29.6 Å². The zero-order chi connectivity index (χ0) is 7.72. The number of nitrogens with zero attached hydrogens (tertiary/aromatic N) is 3. The van der Waals surface area contributed by atoms with Crippen molar-refractivity contribution in [3.63, 3.8) is 0 Å². The van der Waals surface area contributed by atoms with E-state index in [1.165, 1.54) is 11.7 Å². The summed E-state index contributed by atoms with van der Waals surface area (Å²) < 4.78 is 22.2. The number of aromatic nitrogens is 3. The van der Waals surface area contributed by atoms with Crippen LogP contribution in [0.4, 0.5) is 0 Å². The van der Waals surface area contributed by atoms with Gasteiger partial charge < -0.3 is 4.55 Å². The van der Waals surface area contributed by atoms with Gasteiger partial charge in [0.25, 0.3) is 0 Å². The fourth-order valence-corrected chi connectivity index (χ4v) is 1.65. The van der Waals surface area contributed by atoms with Crippen molar-refractivity contribution in [3.8, 4) is 0 Å². The van der Waals surface area contributed by atoms with Crippen LogP contribution in [0.1, 0.15) is 0 Å². The van der Waals surface area contributed by atoms with E-state index in [9.17, 15) is 8.76 Å². The normalized spacial score (nSPS) is 12.3. The van der Waals surface area contributed by atoms with E-state index in [4.69, 9.17) is 0 Å². The largest absolute Gasteiger partial charge is 1.00 e. The Balaban J connectivity index is 0.000001000. The van der Waals surface area contributed by atoms with Crippen molar-refractivity contribution in [2.75, 3.05) is 0 Å². The molecule has 1 aromatic heterocycles. The minimum atomic E-state index is -2.28. The second kappa shape index (κ2) is 4.68. The van der Waals surface area contributed by atoms with E-state index < -0.39 is 11.1 Å². The minimum absolute atomic E-state index is 0. The Morgan fingerprint density at radius 3 is 2.45 bits per heavy atom. The van der Waals surface area contributed by atoms with Gasteiger partial charge in [-0.1, -0.05) is 5.21 Å². The van der Waals surface area contributed by atoms with Gasteiger partial charge in [-0.25, -0.2) is 4.68 Å². The molecule has 0 aliphatic carbocycles. The molecule has 0 amide bonds. The maximum atomic E-state index is 10.4. The van der Waals surface area contributed by atoms with Crippen molar-refractivity contribution >= 4 is 27.0 Å². The molecule has 0 aromatic carbocycles. The molecule has 0 radical (unpaired) electrons. The van der Waals surface area contributed by atoms with Crippen LogP contribution < -0.4 is 29.6 Å². The summed E-state index contributed by atoms with van der Waals surface area (Å²) in [6, 6.07) is 0. The van der Waals surface area contributed by atoms with Crippen LogP contribution in [-0.2, 0) is 18.1 Å². The van der Waals surface area contributed by atoms with Gasteiger partial charge in [0.1, 0.15) is 5.03 Å². The zero-order valence-corrected chi connectivity index (χ0v) is 10.3. The van der Waals surface area contributed by atoms with Crippen molar-refractivity contribution in [2.45, 2.75) is 5.03 Å². The van der Waals surface area contributed by atoms with E-state index >= 15 is 0 Å². The summed E-state index contributed by atoms with van der Waals surface area (Å²) in [6.07, 6.45) is 0. The number of hydrogen-bond donors (Lipinski definition) is 0. The minimum Gasteiger partial charge on any atom is -0.767 e. The van der Waals surface area contributed by atoms with Crippen molar-refractivity contribution in [1.29, 1.82) is 0 Å². The SMILES string of the molecule is Cn1nnc(Br)c1S(=O)[O-].[Na+]. The summed E-state index contributed by atoms with van der Waals surface area (Å²) in [5.74, 6) is 0. The molecule has 1 aromatic rings. The Hall–Kier alpha value is 0.730. The average molecular weight is 248 g/mol. The summed E-state index contributed by atoms with van der Waals surface area (Å²) in [7, 11) is 1.50. The molecule has 1 heterocycles. The maximum absolute atomic E-state index is 10.4. The fourth-order valence-electron chi connectivity index (χ4n) is 0.500. The van der Waals surface area contributed by atoms with Gasteiger partial charge in [-0.05, 0) is 27.0 Å². The summed E-state index contributed by atoms with van der Waals surface area (Å²) in [5.41, 5.74) is 0. The van der Waals surface area contributed by atoms with Crippen LogP contribution in [-0.4, -0.2) is 23.8 Å². The van der Waals surface area contributed by atoms with Crippen LogP contribution in [0.25, 0.3) is 0 Å². The first-order valence-corrected chi connectivity index (χ1v) is 4.14. The third-order valence-electron chi connectivity index (χ3n) is 0.895. The Bertz CT molecular complexity index is 258. The van der Waals surface area contributed by atoms with Crippen molar-refractivity contribution in [3.05, 3.63) is 4.60 Å². The van der Waals surface area contributed by atoms with Crippen LogP contribution in [0.3, 0.4) is 0 Å². The van der Waals surface area contributed by atoms with Crippen molar-refractivity contribution < 1.29 is 38.3 Å². The summed E-state index contributed by atoms with van der Waals surface area (Å²) in [4.78, 5) is 0. The average Bonchev–Trinajstić information content (AvgIpc) is 2.11. The molecule has 8 heteroatoms. The first kappa shape index (κ1) is 11.7. The predicted octanol–water partition coefficient (Wildman–Crippen LogP) is -3.18. The first-order chi connectivity index (χ1) is 4.63. The molecule has 0 saturated carbocycles. The Kier molecular flexibility index (Phi) is 4.99. The molecule has 0 N–H and O–H groups in total. The summed E-state index contributed by atoms with van der Waals surface area (Å²) in [5, 5.41) is 6.99. The smallest absolute Gasteiger partial charge is 0.767 e. The third-order valence-corrected chi connectivity index (χ3v) is 2.46. The first-order valence-electron chi connectivity index (χ1n) is 2.27. The van der Waals surface area contributed by atoms with Gasteiger partial charge in [0.15, 0.2) is 4.60 Å². The summed E-state index contributed by atoms with van der Waals surface area (Å²) in [6.45, 7) is 0. The Labute approximate surface area is 96.3 Å². The molecule has 56 valence electrons. The van der Waals surface area contributed by atoms with E-state index in [1.54, 1.807) is 0 Å². The quantitative estimate of drug-likeness (QED) is 0.388. The van der Waals surface area contributed by atoms with Gasteiger partial charge in [-0.2, -0.15) is 0 Å². The van der Waals surface area contributed by atoms with Crippen molar-refractivity contribution in [1.82, 2.24) is 15.0 Å². The van der Waals surface area contributed by atoms with E-state index in [0.29, 0.717) is 0 Å². The van der Waals surface area contributed by atoms with Gasteiger partial charge in [0.05, 0.1) is 0 Å². The van der Waals surface area contributed by atoms with Crippen LogP contribution in [0.2, 0.25) is 0 Å². The zero-order valence-electron chi connectivity index (χ0n) is 5.94. The standard InChI is InChI=1S/C3H4BrN3O2S.Na/c1-7-3(10(8)9)2(4)5-6-7;/h1H3,(H,8,9);/q;+1/p-1. The molecule has 5 nitrogen and oxygen atoms in total. The molecule has 0 aliphatic heterocycles. The fraction of sp³-hybridized carbons (Fsp3) is 0.333. The molecule has 0 aliphatic rings. The Morgan fingerprint density at radius 1 is 1.73 bits per heavy atom. The van der Waals surface area contributed by atoms with Crippen molar-refractivity contribution in [2.24, 2.45) is 7.05 Å². The van der Waals surface area contributed by atoms with E-state index in [-0.39, 0.29) is 39.2 Å². The molecule has 0 fully saturated rings. The number of hydrogen-bond acceptors (Lipinski definition) is 4. The second-order valence-electron chi connectivity index (χ2n) is 1.54. The monoisotopic (exact) mass is 247 g/mol. The Morgan fingerprint density at radius 2 is 2.27 bits per heavy atom. The molecular formula is C3H3BrN3NaO2S. The molecule has 1 rings (SSSR count). The van der Waals surface area contributed by atoms with Crippen LogP contribution in [0.5, 0.6) is 0 Å². The van der Waals surface area contributed by atoms with Gasteiger partial charge in [0, 0.05) is 7.05 Å². The van der Waals surface area contributed by atoms with Gasteiger partial charge in [-0.3, -0.25) is 4.21 Å². The predicted molar refractivity (Wildman–Crippen MR) is 35.9 cm³/mol. The van der Waals surface area contributed by atoms with Gasteiger partial charge in [-0.15, -0.1) is 5.10 Å². The van der Waals surface area contributed by atoms with Crippen LogP contribution in [0.15, 0.2) is 9.63 Å². The second-order valence-corrected chi connectivity index (χ2v) is 3.15. The molecule has 1 atom stereocenters. The topological polar surface area (TPSA) is 70.8 Å². The molecule has 0 spiro atoms. The number of halogens is 1. The van der Waals surface area contributed by atoms with E-state index in [1.807, 2.05) is 0 Å². The maximum Gasteiger partial charge on any atom is 1.00 e. The molecular weight excluding hydrogens is 245 g/mol. The van der Waals surface area contributed by atoms with E-state index in [2.05, 4.69) is 26.2 Å². The van der Waals surface area contributed by atoms with Crippen LogP contribution in [0, 0.1) is 0 Å².